The van der Waals surface area contributed by atoms with Gasteiger partial charge in [0.25, 0.3) is 0 Å². The number of aryl methyl sites for hydroxylation is 1. The molecule has 0 saturated carbocycles. The summed E-state index contributed by atoms with van der Waals surface area (Å²) in [5, 5.41) is 3.54. The number of benzene rings is 1. The number of fused-ring (bicyclic) bond motifs is 1. The van der Waals surface area contributed by atoms with Crippen LogP contribution >= 0.6 is 11.8 Å². The molecule has 1 atom stereocenters. The first kappa shape index (κ1) is 12.9. The van der Waals surface area contributed by atoms with Crippen LogP contribution in [0.4, 0.5) is 4.39 Å². The van der Waals surface area contributed by atoms with Gasteiger partial charge in [0, 0.05) is 11.8 Å². The van der Waals surface area contributed by atoms with Gasteiger partial charge in [-0.05, 0) is 60.9 Å². The molecule has 3 heteroatoms. The Morgan fingerprint density at radius 1 is 1.47 bits per heavy atom. The minimum atomic E-state index is -0.101. The molecule has 1 N–H and O–H groups in total. The minimum Gasteiger partial charge on any atom is -0.310 e. The monoisotopic (exact) mass is 253 g/mol. The zero-order valence-electron chi connectivity index (χ0n) is 10.6. The summed E-state index contributed by atoms with van der Waals surface area (Å²) in [6, 6.07) is 3.71. The predicted octanol–water partition coefficient (Wildman–Crippen LogP) is 3.81. The van der Waals surface area contributed by atoms with E-state index < -0.39 is 0 Å². The van der Waals surface area contributed by atoms with E-state index in [0.29, 0.717) is 6.04 Å². The molecule has 1 aliphatic heterocycles. The summed E-state index contributed by atoms with van der Waals surface area (Å²) in [6.07, 6.45) is 2.22. The Morgan fingerprint density at radius 3 is 3.06 bits per heavy atom. The normalized spacial score (nSPS) is 19.8. The molecule has 0 radical (unpaired) electrons. The average Bonchev–Trinajstić information content (AvgIpc) is 2.49. The van der Waals surface area contributed by atoms with Gasteiger partial charge < -0.3 is 5.32 Å². The molecule has 0 amide bonds. The molecule has 0 fully saturated rings. The molecule has 0 aromatic heterocycles. The second-order valence-electron chi connectivity index (χ2n) is 4.64. The highest BCUT2D eigenvalue weighted by Crippen LogP contribution is 2.33. The SMILES string of the molecule is CCCNC1CCSCc2c(C)cc(F)cc21. The summed E-state index contributed by atoms with van der Waals surface area (Å²) in [5.41, 5.74) is 3.61. The molecule has 1 nitrogen and oxygen atoms in total. The topological polar surface area (TPSA) is 12.0 Å². The van der Waals surface area contributed by atoms with E-state index >= 15 is 0 Å². The maximum Gasteiger partial charge on any atom is 0.123 e. The summed E-state index contributed by atoms with van der Waals surface area (Å²) in [5.74, 6) is 2.07. The van der Waals surface area contributed by atoms with Crippen molar-refractivity contribution in [3.8, 4) is 0 Å². The molecule has 1 heterocycles. The van der Waals surface area contributed by atoms with E-state index in [1.807, 2.05) is 18.7 Å². The molecule has 0 saturated heterocycles. The van der Waals surface area contributed by atoms with Gasteiger partial charge in [0.2, 0.25) is 0 Å². The maximum absolute atomic E-state index is 13.5. The van der Waals surface area contributed by atoms with E-state index in [9.17, 15) is 4.39 Å². The standard InChI is InChI=1S/C14H20FNS/c1-3-5-16-14-4-6-17-9-13-10(2)7-11(15)8-12(13)14/h7-8,14,16H,3-6,9H2,1-2H3. The highest BCUT2D eigenvalue weighted by atomic mass is 32.2. The fourth-order valence-electron chi connectivity index (χ4n) is 2.37. The number of rotatable bonds is 3. The number of thioether (sulfide) groups is 1. The highest BCUT2D eigenvalue weighted by molar-refractivity contribution is 7.98. The molecule has 1 aromatic rings. The molecule has 1 aliphatic rings. The lowest BCUT2D eigenvalue weighted by Crippen LogP contribution is -2.23. The Bertz CT molecular complexity index is 392. The van der Waals surface area contributed by atoms with Gasteiger partial charge in [0.1, 0.15) is 5.82 Å². The van der Waals surface area contributed by atoms with Gasteiger partial charge in [-0.2, -0.15) is 11.8 Å². The Kier molecular flexibility index (Phi) is 4.46. The van der Waals surface area contributed by atoms with Crippen molar-refractivity contribution in [1.82, 2.24) is 5.32 Å². The average molecular weight is 253 g/mol. The van der Waals surface area contributed by atoms with Gasteiger partial charge in [-0.15, -0.1) is 0 Å². The minimum absolute atomic E-state index is 0.101. The van der Waals surface area contributed by atoms with Crippen LogP contribution in [-0.4, -0.2) is 12.3 Å². The molecule has 1 unspecified atom stereocenters. The Balaban J connectivity index is 2.33. The lowest BCUT2D eigenvalue weighted by molar-refractivity contribution is 0.516. The largest absolute Gasteiger partial charge is 0.310 e. The predicted molar refractivity (Wildman–Crippen MR) is 73.0 cm³/mol. The molecular formula is C14H20FNS. The van der Waals surface area contributed by atoms with Gasteiger partial charge in [-0.25, -0.2) is 4.39 Å². The summed E-state index contributed by atoms with van der Waals surface area (Å²) in [4.78, 5) is 0. The van der Waals surface area contributed by atoms with Gasteiger partial charge >= 0.3 is 0 Å². The van der Waals surface area contributed by atoms with Crippen LogP contribution in [0.1, 0.15) is 42.5 Å². The summed E-state index contributed by atoms with van der Waals surface area (Å²) in [7, 11) is 0. The number of hydrogen-bond acceptors (Lipinski definition) is 2. The van der Waals surface area contributed by atoms with E-state index in [0.717, 1.165) is 36.5 Å². The van der Waals surface area contributed by atoms with Crippen LogP contribution in [0.3, 0.4) is 0 Å². The zero-order chi connectivity index (χ0) is 12.3. The lowest BCUT2D eigenvalue weighted by atomic mass is 9.95. The summed E-state index contributed by atoms with van der Waals surface area (Å²) >= 11 is 1.95. The molecular weight excluding hydrogens is 233 g/mol. The Labute approximate surface area is 107 Å². The van der Waals surface area contributed by atoms with Crippen molar-refractivity contribution >= 4 is 11.8 Å². The van der Waals surface area contributed by atoms with Crippen molar-refractivity contribution in [2.75, 3.05) is 12.3 Å². The highest BCUT2D eigenvalue weighted by Gasteiger charge is 2.20. The van der Waals surface area contributed by atoms with E-state index in [1.165, 1.54) is 11.1 Å². The van der Waals surface area contributed by atoms with Crippen LogP contribution in [-0.2, 0) is 5.75 Å². The van der Waals surface area contributed by atoms with Crippen molar-refractivity contribution in [2.24, 2.45) is 0 Å². The Hall–Kier alpha value is -0.540. The summed E-state index contributed by atoms with van der Waals surface area (Å²) in [6.45, 7) is 5.19. The summed E-state index contributed by atoms with van der Waals surface area (Å²) < 4.78 is 13.5. The second-order valence-corrected chi connectivity index (χ2v) is 5.74. The van der Waals surface area contributed by atoms with E-state index in [2.05, 4.69) is 12.2 Å². The fourth-order valence-corrected chi connectivity index (χ4v) is 3.51. The maximum atomic E-state index is 13.5. The van der Waals surface area contributed by atoms with Crippen molar-refractivity contribution in [3.05, 3.63) is 34.6 Å². The van der Waals surface area contributed by atoms with Crippen LogP contribution in [0, 0.1) is 12.7 Å². The molecule has 17 heavy (non-hydrogen) atoms. The van der Waals surface area contributed by atoms with Crippen LogP contribution in [0.5, 0.6) is 0 Å². The fraction of sp³-hybridized carbons (Fsp3) is 0.571. The number of nitrogens with one attached hydrogen (secondary N) is 1. The van der Waals surface area contributed by atoms with Gasteiger partial charge in [-0.3, -0.25) is 0 Å². The Morgan fingerprint density at radius 2 is 2.29 bits per heavy atom. The van der Waals surface area contributed by atoms with Gasteiger partial charge in [-0.1, -0.05) is 6.92 Å². The third-order valence-electron chi connectivity index (χ3n) is 3.29. The second kappa shape index (κ2) is 5.87. The number of hydrogen-bond donors (Lipinski definition) is 1. The van der Waals surface area contributed by atoms with Gasteiger partial charge in [0.05, 0.1) is 0 Å². The first-order chi connectivity index (χ1) is 8.22. The number of halogens is 1. The van der Waals surface area contributed by atoms with Crippen LogP contribution in [0.25, 0.3) is 0 Å². The first-order valence-electron chi connectivity index (χ1n) is 6.32. The van der Waals surface area contributed by atoms with E-state index in [1.54, 1.807) is 12.1 Å². The molecule has 2 rings (SSSR count). The third kappa shape index (κ3) is 3.02. The van der Waals surface area contributed by atoms with Crippen LogP contribution in [0.2, 0.25) is 0 Å². The quantitative estimate of drug-likeness (QED) is 0.879. The molecule has 94 valence electrons. The van der Waals surface area contributed by atoms with Crippen molar-refractivity contribution in [1.29, 1.82) is 0 Å². The van der Waals surface area contributed by atoms with Crippen molar-refractivity contribution in [3.63, 3.8) is 0 Å². The van der Waals surface area contributed by atoms with E-state index in [-0.39, 0.29) is 5.82 Å². The molecule has 0 bridgehead atoms. The third-order valence-corrected chi connectivity index (χ3v) is 4.30. The van der Waals surface area contributed by atoms with E-state index in [4.69, 9.17) is 0 Å². The van der Waals surface area contributed by atoms with Crippen LogP contribution in [0.15, 0.2) is 12.1 Å². The first-order valence-corrected chi connectivity index (χ1v) is 7.48. The zero-order valence-corrected chi connectivity index (χ0v) is 11.4. The van der Waals surface area contributed by atoms with Crippen LogP contribution < -0.4 is 5.32 Å². The van der Waals surface area contributed by atoms with Crippen molar-refractivity contribution < 1.29 is 4.39 Å². The van der Waals surface area contributed by atoms with Gasteiger partial charge in [0.15, 0.2) is 0 Å². The van der Waals surface area contributed by atoms with Crippen molar-refractivity contribution in [2.45, 2.75) is 38.5 Å². The molecule has 0 spiro atoms. The smallest absolute Gasteiger partial charge is 0.123 e. The lowest BCUT2D eigenvalue weighted by Gasteiger charge is -2.20. The molecule has 1 aromatic carbocycles. The molecule has 0 aliphatic carbocycles.